The lowest BCUT2D eigenvalue weighted by Crippen LogP contribution is -2.39. The third-order valence-electron chi connectivity index (χ3n) is 6.22. The molecule has 6 rings (SSSR count). The molecule has 0 bridgehead atoms. The lowest BCUT2D eigenvalue weighted by atomic mass is 9.82. The second kappa shape index (κ2) is 10.8. The van der Waals surface area contributed by atoms with Crippen LogP contribution in [0.1, 0.15) is 34.7 Å². The van der Waals surface area contributed by atoms with E-state index in [4.69, 9.17) is 9.15 Å². The second-order valence-electron chi connectivity index (χ2n) is 8.55. The van der Waals surface area contributed by atoms with Crippen LogP contribution in [0.2, 0.25) is 0 Å². The van der Waals surface area contributed by atoms with Gasteiger partial charge in [-0.15, -0.1) is 12.4 Å². The van der Waals surface area contributed by atoms with Gasteiger partial charge in [0, 0.05) is 35.6 Å². The minimum atomic E-state index is -2.92. The van der Waals surface area contributed by atoms with Crippen LogP contribution in [0.3, 0.4) is 0 Å². The summed E-state index contributed by atoms with van der Waals surface area (Å²) in [4.78, 5) is 36.0. The monoisotopic (exact) mass is 577 g/mol. The number of nitrogens with zero attached hydrogens (tertiary/aromatic N) is 1. The van der Waals surface area contributed by atoms with Crippen LogP contribution in [-0.4, -0.2) is 53.0 Å². The molecule has 204 valence electrons. The standard InChI is InChI=1S/C25H21F2N5O5S.ClH/c1-2-35-23(34)22-21-12(8-29-22)19(20-15(30-21)9-28-10-16(20)33)17-5-6-18(37-17)38-25-31-13-4-3-11(36-24(26)27)7-14(13)32-25;/h3-8,19,24,28-30H,2,9-10H2,1H3,(H,31,32);1H. The molecule has 1 unspecified atom stereocenters. The van der Waals surface area contributed by atoms with Gasteiger partial charge in [-0.25, -0.2) is 9.78 Å². The number of hydrogen-bond acceptors (Lipinski definition) is 9. The molecule has 4 aromatic rings. The van der Waals surface area contributed by atoms with Crippen molar-refractivity contribution in [3.05, 3.63) is 64.8 Å². The minimum Gasteiger partial charge on any atom is -0.461 e. The van der Waals surface area contributed by atoms with Crippen LogP contribution in [0.25, 0.3) is 11.0 Å². The van der Waals surface area contributed by atoms with E-state index in [1.54, 1.807) is 31.3 Å². The van der Waals surface area contributed by atoms with Gasteiger partial charge in [0.25, 0.3) is 0 Å². The van der Waals surface area contributed by atoms with Crippen molar-refractivity contribution in [3.8, 4) is 5.75 Å². The van der Waals surface area contributed by atoms with Crippen LogP contribution in [0, 0.1) is 0 Å². The van der Waals surface area contributed by atoms with Crippen LogP contribution < -0.4 is 15.4 Å². The summed E-state index contributed by atoms with van der Waals surface area (Å²) in [6.45, 7) is -0.334. The van der Waals surface area contributed by atoms with E-state index >= 15 is 0 Å². The Labute approximate surface area is 230 Å². The number of nitrogens with one attached hydrogen (secondary N) is 4. The van der Waals surface area contributed by atoms with E-state index in [0.717, 1.165) is 0 Å². The number of furan rings is 1. The van der Waals surface area contributed by atoms with Crippen molar-refractivity contribution in [2.75, 3.05) is 25.0 Å². The summed E-state index contributed by atoms with van der Waals surface area (Å²) in [5, 5.41) is 7.31. The smallest absolute Gasteiger partial charge is 0.387 e. The highest BCUT2D eigenvalue weighted by Gasteiger charge is 2.39. The number of benzene rings is 1. The average Bonchev–Trinajstić information content (AvgIpc) is 3.61. The van der Waals surface area contributed by atoms with Crippen LogP contribution in [0.5, 0.6) is 5.75 Å². The molecular weight excluding hydrogens is 556 g/mol. The molecule has 5 heterocycles. The van der Waals surface area contributed by atoms with E-state index in [9.17, 15) is 18.4 Å². The predicted molar refractivity (Wildman–Crippen MR) is 140 cm³/mol. The molecule has 10 nitrogen and oxygen atoms in total. The maximum absolute atomic E-state index is 13.0. The molecule has 0 saturated heterocycles. The number of fused-ring (bicyclic) bond motifs is 2. The Kier molecular flexibility index (Phi) is 7.38. The average molecular weight is 578 g/mol. The fourth-order valence-electron chi connectivity index (χ4n) is 4.70. The molecule has 1 atom stereocenters. The number of carbonyl (C=O) groups excluding carboxylic acids is 2. The highest BCUT2D eigenvalue weighted by Crippen LogP contribution is 2.45. The van der Waals surface area contributed by atoms with Crippen molar-refractivity contribution in [2.45, 2.75) is 29.7 Å². The van der Waals surface area contributed by atoms with E-state index in [-0.39, 0.29) is 42.8 Å². The molecule has 0 aliphatic carbocycles. The molecule has 3 aromatic heterocycles. The Morgan fingerprint density at radius 1 is 1.26 bits per heavy atom. The lowest BCUT2D eigenvalue weighted by molar-refractivity contribution is -0.115. The van der Waals surface area contributed by atoms with Crippen molar-refractivity contribution in [3.63, 3.8) is 0 Å². The SMILES string of the molecule is CCOC(=O)c1[nH]cc2c1NC1=C(C(=O)CNC1)C2c1ccc(Sc2nc3ccc(OC(F)F)cc3[nH]2)o1.Cl. The number of imidazole rings is 1. The van der Waals surface area contributed by atoms with E-state index in [1.165, 1.54) is 23.9 Å². The number of ether oxygens (including phenoxy) is 2. The number of halogens is 3. The summed E-state index contributed by atoms with van der Waals surface area (Å²) in [6, 6.07) is 8.02. The topological polar surface area (TPSA) is 134 Å². The van der Waals surface area contributed by atoms with Gasteiger partial charge < -0.3 is 34.5 Å². The van der Waals surface area contributed by atoms with Crippen molar-refractivity contribution < 1.29 is 32.3 Å². The number of H-pyrrole nitrogens is 2. The lowest BCUT2D eigenvalue weighted by Gasteiger charge is -2.31. The number of aromatic nitrogens is 3. The van der Waals surface area contributed by atoms with Crippen molar-refractivity contribution in [1.82, 2.24) is 20.3 Å². The number of Topliss-reactive ketones (excluding diaryl/α,β-unsaturated/α-hetero) is 1. The summed E-state index contributed by atoms with van der Waals surface area (Å²) >= 11 is 1.21. The summed E-state index contributed by atoms with van der Waals surface area (Å²) in [7, 11) is 0. The van der Waals surface area contributed by atoms with Gasteiger partial charge in [0.1, 0.15) is 17.2 Å². The molecule has 2 aliphatic heterocycles. The van der Waals surface area contributed by atoms with Crippen molar-refractivity contribution in [2.24, 2.45) is 0 Å². The zero-order chi connectivity index (χ0) is 26.4. The third-order valence-corrected chi connectivity index (χ3v) is 7.03. The number of alkyl halides is 2. The van der Waals surface area contributed by atoms with Crippen LogP contribution in [0.4, 0.5) is 14.5 Å². The first-order valence-electron chi connectivity index (χ1n) is 11.8. The first-order valence-corrected chi connectivity index (χ1v) is 12.6. The molecule has 0 saturated carbocycles. The van der Waals surface area contributed by atoms with Gasteiger partial charge in [-0.1, -0.05) is 0 Å². The van der Waals surface area contributed by atoms with Gasteiger partial charge in [-0.2, -0.15) is 8.78 Å². The molecule has 39 heavy (non-hydrogen) atoms. The van der Waals surface area contributed by atoms with Gasteiger partial charge in [0.2, 0.25) is 0 Å². The molecule has 0 amide bonds. The van der Waals surface area contributed by atoms with Gasteiger partial charge in [0.05, 0.1) is 35.8 Å². The van der Waals surface area contributed by atoms with Crippen molar-refractivity contribution in [1.29, 1.82) is 0 Å². The molecule has 2 aliphatic rings. The highest BCUT2D eigenvalue weighted by molar-refractivity contribution is 7.99. The minimum absolute atomic E-state index is 0. The Balaban J connectivity index is 0.00000308. The predicted octanol–water partition coefficient (Wildman–Crippen LogP) is 4.82. The second-order valence-corrected chi connectivity index (χ2v) is 9.54. The van der Waals surface area contributed by atoms with Gasteiger partial charge in [-0.3, -0.25) is 4.79 Å². The fraction of sp³-hybridized carbons (Fsp3) is 0.240. The Morgan fingerprint density at radius 2 is 2.10 bits per heavy atom. The van der Waals surface area contributed by atoms with Crippen LogP contribution in [-0.2, 0) is 9.53 Å². The molecule has 0 spiro atoms. The Bertz CT molecular complexity index is 1600. The van der Waals surface area contributed by atoms with E-state index in [2.05, 4.69) is 30.3 Å². The molecule has 0 radical (unpaired) electrons. The maximum Gasteiger partial charge on any atom is 0.387 e. The zero-order valence-corrected chi connectivity index (χ0v) is 21.9. The number of anilines is 1. The Morgan fingerprint density at radius 3 is 2.90 bits per heavy atom. The van der Waals surface area contributed by atoms with Gasteiger partial charge in [0.15, 0.2) is 16.0 Å². The van der Waals surface area contributed by atoms with Gasteiger partial charge in [-0.05, 0) is 43.0 Å². The third kappa shape index (κ3) is 5.00. The van der Waals surface area contributed by atoms with Crippen molar-refractivity contribution >= 4 is 52.6 Å². The van der Waals surface area contributed by atoms with Crippen LogP contribution >= 0.6 is 24.2 Å². The number of ketones is 1. The highest BCUT2D eigenvalue weighted by atomic mass is 35.5. The normalized spacial score (nSPS) is 16.5. The molecular formula is C25H22ClF2N5O5S. The number of hydrogen-bond donors (Lipinski definition) is 4. The number of carbonyl (C=O) groups is 2. The van der Waals surface area contributed by atoms with E-state index < -0.39 is 18.5 Å². The number of aromatic amines is 2. The summed E-state index contributed by atoms with van der Waals surface area (Å²) in [6.07, 6.45) is 1.69. The van der Waals surface area contributed by atoms with E-state index in [0.29, 0.717) is 56.1 Å². The maximum atomic E-state index is 13.0. The first kappa shape index (κ1) is 26.8. The molecule has 0 fully saturated rings. The van der Waals surface area contributed by atoms with Gasteiger partial charge >= 0.3 is 12.6 Å². The number of esters is 1. The summed E-state index contributed by atoms with van der Waals surface area (Å²) < 4.78 is 40.9. The van der Waals surface area contributed by atoms with E-state index in [1.807, 2.05) is 0 Å². The molecule has 1 aromatic carbocycles. The first-order chi connectivity index (χ1) is 18.4. The number of rotatable bonds is 7. The molecule has 14 heteroatoms. The summed E-state index contributed by atoms with van der Waals surface area (Å²) in [5.41, 5.74) is 3.89. The van der Waals surface area contributed by atoms with Crippen LogP contribution in [0.15, 0.2) is 62.5 Å². The fourth-order valence-corrected chi connectivity index (χ4v) is 5.47. The Hall–Kier alpha value is -3.81. The molecule has 4 N–H and O–H groups in total. The zero-order valence-electron chi connectivity index (χ0n) is 20.3. The quantitative estimate of drug-likeness (QED) is 0.228. The summed E-state index contributed by atoms with van der Waals surface area (Å²) in [5.74, 6) is -0.551. The largest absolute Gasteiger partial charge is 0.461 e.